The van der Waals surface area contributed by atoms with Gasteiger partial charge in [-0.1, -0.05) is 15.9 Å². The molecule has 5 nitrogen and oxygen atoms in total. The van der Waals surface area contributed by atoms with Gasteiger partial charge in [-0.3, -0.25) is 4.79 Å². The van der Waals surface area contributed by atoms with Crippen molar-refractivity contribution in [2.24, 2.45) is 0 Å². The van der Waals surface area contributed by atoms with Gasteiger partial charge >= 0.3 is 0 Å². The third-order valence-electron chi connectivity index (χ3n) is 2.68. The monoisotopic (exact) mass is 313 g/mol. The number of nitrogens with zero attached hydrogens (tertiary/aromatic N) is 1. The van der Waals surface area contributed by atoms with Crippen LogP contribution in [-0.2, 0) is 19.4 Å². The first-order chi connectivity index (χ1) is 7.38. The quantitative estimate of drug-likeness (QED) is 0.690. The minimum Gasteiger partial charge on any atom is -0.377 e. The van der Waals surface area contributed by atoms with Crippen LogP contribution in [0.5, 0.6) is 0 Å². The van der Waals surface area contributed by atoms with Crippen LogP contribution in [0.2, 0.25) is 0 Å². The number of amides is 1. The Morgan fingerprint density at radius 2 is 2.25 bits per heavy atom. The highest BCUT2D eigenvalue weighted by Crippen LogP contribution is 2.13. The normalized spacial score (nSPS) is 24.2. The predicted octanol–water partition coefficient (Wildman–Crippen LogP) is 0.0418. The summed E-state index contributed by atoms with van der Waals surface area (Å²) < 4.78 is 27.9. The highest BCUT2D eigenvalue weighted by atomic mass is 79.9. The minimum atomic E-state index is -3.33. The Kier molecular flexibility index (Phi) is 4.75. The predicted molar refractivity (Wildman–Crippen MR) is 64.4 cm³/mol. The molecule has 0 aromatic heterocycles. The first kappa shape index (κ1) is 13.9. The summed E-state index contributed by atoms with van der Waals surface area (Å²) in [5, 5.41) is -0.387. The molecule has 0 saturated carbocycles. The van der Waals surface area contributed by atoms with E-state index in [0.29, 0.717) is 25.1 Å². The summed E-state index contributed by atoms with van der Waals surface area (Å²) in [7, 11) is -3.33. The van der Waals surface area contributed by atoms with E-state index in [1.165, 1.54) is 6.92 Å². The van der Waals surface area contributed by atoms with Crippen LogP contribution >= 0.6 is 15.9 Å². The molecule has 2 unspecified atom stereocenters. The zero-order chi connectivity index (χ0) is 12.3. The molecule has 1 fully saturated rings. The molecule has 16 heavy (non-hydrogen) atoms. The highest BCUT2D eigenvalue weighted by molar-refractivity contribution is 9.09. The number of halogens is 1. The second-order valence-corrected chi connectivity index (χ2v) is 6.90. The Balaban J connectivity index is 2.79. The Morgan fingerprint density at radius 1 is 1.62 bits per heavy atom. The number of carbonyl (C=O) groups excluding carboxylic acids is 1. The van der Waals surface area contributed by atoms with Gasteiger partial charge in [0, 0.05) is 18.1 Å². The van der Waals surface area contributed by atoms with Crippen LogP contribution in [0.15, 0.2) is 0 Å². The van der Waals surface area contributed by atoms with Gasteiger partial charge in [-0.2, -0.15) is 0 Å². The zero-order valence-electron chi connectivity index (χ0n) is 9.35. The number of ether oxygens (including phenoxy) is 1. The van der Waals surface area contributed by atoms with Gasteiger partial charge < -0.3 is 9.64 Å². The molecule has 0 spiro atoms. The molecule has 2 atom stereocenters. The first-order valence-electron chi connectivity index (χ1n) is 5.01. The molecule has 1 heterocycles. The van der Waals surface area contributed by atoms with Crippen molar-refractivity contribution >= 4 is 31.7 Å². The molecular formula is C9H16BrNO4S. The number of morpholine rings is 1. The summed E-state index contributed by atoms with van der Waals surface area (Å²) in [4.78, 5) is 13.6. The van der Waals surface area contributed by atoms with Gasteiger partial charge in [0.15, 0.2) is 9.84 Å². The maximum Gasteiger partial charge on any atom is 0.241 e. The Morgan fingerprint density at radius 3 is 2.75 bits per heavy atom. The fourth-order valence-electron chi connectivity index (χ4n) is 1.49. The number of hydrogen-bond donors (Lipinski definition) is 0. The van der Waals surface area contributed by atoms with E-state index < -0.39 is 15.1 Å². The fourth-order valence-corrected chi connectivity index (χ4v) is 2.53. The summed E-state index contributed by atoms with van der Waals surface area (Å²) in [6.07, 6.45) is 1.08. The number of sulfone groups is 1. The van der Waals surface area contributed by atoms with E-state index in [-0.39, 0.29) is 11.9 Å². The topological polar surface area (TPSA) is 63.7 Å². The van der Waals surface area contributed by atoms with Gasteiger partial charge in [0.05, 0.1) is 19.3 Å². The lowest BCUT2D eigenvalue weighted by molar-refractivity contribution is -0.138. The van der Waals surface area contributed by atoms with Crippen LogP contribution in [0.4, 0.5) is 0 Å². The van der Waals surface area contributed by atoms with E-state index >= 15 is 0 Å². The fraction of sp³-hybridized carbons (Fsp3) is 0.889. The van der Waals surface area contributed by atoms with E-state index in [9.17, 15) is 13.2 Å². The highest BCUT2D eigenvalue weighted by Gasteiger charge is 2.33. The number of carbonyl (C=O) groups is 1. The molecule has 0 bridgehead atoms. The molecule has 94 valence electrons. The van der Waals surface area contributed by atoms with Crippen LogP contribution in [0.1, 0.15) is 6.92 Å². The third-order valence-corrected chi connectivity index (χ3v) is 4.91. The lowest BCUT2D eigenvalue weighted by Gasteiger charge is -2.35. The molecule has 1 aliphatic heterocycles. The van der Waals surface area contributed by atoms with Crippen molar-refractivity contribution in [3.63, 3.8) is 0 Å². The first-order valence-corrected chi connectivity index (χ1v) is 8.08. The lowest BCUT2D eigenvalue weighted by atomic mass is 10.2. The second kappa shape index (κ2) is 5.46. The molecular weight excluding hydrogens is 298 g/mol. The minimum absolute atomic E-state index is 0.0783. The van der Waals surface area contributed by atoms with Crippen LogP contribution in [0.25, 0.3) is 0 Å². The summed E-state index contributed by atoms with van der Waals surface area (Å²) in [6, 6.07) is -0.0783. The van der Waals surface area contributed by atoms with Gasteiger partial charge in [0.1, 0.15) is 5.25 Å². The van der Waals surface area contributed by atoms with E-state index in [0.717, 1.165) is 6.26 Å². The maximum atomic E-state index is 12.0. The summed E-state index contributed by atoms with van der Waals surface area (Å²) in [5.74, 6) is -0.338. The number of rotatable bonds is 3. The van der Waals surface area contributed by atoms with Crippen molar-refractivity contribution in [3.8, 4) is 0 Å². The van der Waals surface area contributed by atoms with Crippen molar-refractivity contribution in [1.82, 2.24) is 4.90 Å². The molecule has 0 aliphatic carbocycles. The smallest absolute Gasteiger partial charge is 0.241 e. The van der Waals surface area contributed by atoms with Crippen molar-refractivity contribution in [1.29, 1.82) is 0 Å². The summed E-state index contributed by atoms with van der Waals surface area (Å²) >= 11 is 3.30. The lowest BCUT2D eigenvalue weighted by Crippen LogP contribution is -2.53. The molecule has 1 aliphatic rings. The Labute approximate surface area is 104 Å². The van der Waals surface area contributed by atoms with Crippen molar-refractivity contribution < 1.29 is 17.9 Å². The number of alkyl halides is 1. The van der Waals surface area contributed by atoms with Crippen LogP contribution in [0.3, 0.4) is 0 Å². The largest absolute Gasteiger partial charge is 0.377 e. The third kappa shape index (κ3) is 3.18. The van der Waals surface area contributed by atoms with Gasteiger partial charge in [0.2, 0.25) is 5.91 Å². The molecule has 0 N–H and O–H groups in total. The van der Waals surface area contributed by atoms with Crippen LogP contribution < -0.4 is 0 Å². The van der Waals surface area contributed by atoms with E-state index in [1.54, 1.807) is 4.90 Å². The summed E-state index contributed by atoms with van der Waals surface area (Å²) in [6.45, 7) is 2.80. The zero-order valence-corrected chi connectivity index (χ0v) is 11.8. The molecule has 1 saturated heterocycles. The van der Waals surface area contributed by atoms with Crippen LogP contribution in [-0.4, -0.2) is 61.9 Å². The second-order valence-electron chi connectivity index (χ2n) is 3.89. The van der Waals surface area contributed by atoms with Crippen molar-refractivity contribution in [3.05, 3.63) is 0 Å². The average Bonchev–Trinajstić information content (AvgIpc) is 2.25. The maximum absolute atomic E-state index is 12.0. The van der Waals surface area contributed by atoms with Gasteiger partial charge in [-0.05, 0) is 6.92 Å². The Hall–Kier alpha value is -0.140. The van der Waals surface area contributed by atoms with E-state index in [1.807, 2.05) is 0 Å². The van der Waals surface area contributed by atoms with Gasteiger partial charge in [0.25, 0.3) is 0 Å². The van der Waals surface area contributed by atoms with E-state index in [4.69, 9.17) is 4.74 Å². The number of hydrogen-bond acceptors (Lipinski definition) is 4. The Bertz CT molecular complexity index is 357. The van der Waals surface area contributed by atoms with Gasteiger partial charge in [-0.25, -0.2) is 8.42 Å². The molecule has 1 rings (SSSR count). The van der Waals surface area contributed by atoms with Crippen molar-refractivity contribution in [2.45, 2.75) is 18.2 Å². The summed E-state index contributed by atoms with van der Waals surface area (Å²) in [5.41, 5.74) is 0. The SMILES string of the molecule is CC(C(=O)N1CCOCC1CBr)S(C)(=O)=O. The van der Waals surface area contributed by atoms with Crippen molar-refractivity contribution in [2.75, 3.05) is 31.3 Å². The standard InChI is InChI=1S/C9H16BrNO4S/c1-7(16(2,13)14)9(12)11-3-4-15-6-8(11)5-10/h7-8H,3-6H2,1-2H3. The molecule has 1 amide bonds. The van der Waals surface area contributed by atoms with Crippen LogP contribution in [0, 0.1) is 0 Å². The average molecular weight is 314 g/mol. The molecule has 0 aromatic rings. The van der Waals surface area contributed by atoms with E-state index in [2.05, 4.69) is 15.9 Å². The van der Waals surface area contributed by atoms with Gasteiger partial charge in [-0.15, -0.1) is 0 Å². The molecule has 7 heteroatoms. The molecule has 0 aromatic carbocycles. The molecule has 0 radical (unpaired) electrons.